The van der Waals surface area contributed by atoms with Crippen molar-refractivity contribution < 1.29 is 4.79 Å². The number of rotatable bonds is 7. The van der Waals surface area contributed by atoms with Crippen molar-refractivity contribution in [2.45, 2.75) is 13.0 Å². The Morgan fingerprint density at radius 2 is 1.83 bits per heavy atom. The van der Waals surface area contributed by atoms with Gasteiger partial charge in [0.15, 0.2) is 0 Å². The van der Waals surface area contributed by atoms with E-state index in [-0.39, 0.29) is 5.91 Å². The monoisotopic (exact) mass is 341 g/mol. The van der Waals surface area contributed by atoms with Crippen LogP contribution in [0.5, 0.6) is 0 Å². The zero-order valence-electron chi connectivity index (χ0n) is 13.3. The summed E-state index contributed by atoms with van der Waals surface area (Å²) in [6, 6.07) is 15.7. The lowest BCUT2D eigenvalue weighted by atomic mass is 10.1. The van der Waals surface area contributed by atoms with E-state index in [9.17, 15) is 4.79 Å². The van der Waals surface area contributed by atoms with Crippen LogP contribution in [0.3, 0.4) is 0 Å². The van der Waals surface area contributed by atoms with Gasteiger partial charge in [-0.3, -0.25) is 4.79 Å². The van der Waals surface area contributed by atoms with Crippen molar-refractivity contribution in [1.82, 2.24) is 15.6 Å². The Hall–Kier alpha value is -2.30. The van der Waals surface area contributed by atoms with E-state index >= 15 is 0 Å². The summed E-state index contributed by atoms with van der Waals surface area (Å²) in [6.07, 6.45) is 2.91. The Morgan fingerprint density at radius 3 is 2.71 bits per heavy atom. The van der Waals surface area contributed by atoms with Gasteiger partial charge in [-0.15, -0.1) is 0 Å². The van der Waals surface area contributed by atoms with Crippen LogP contribution in [0, 0.1) is 0 Å². The van der Waals surface area contributed by atoms with Gasteiger partial charge < -0.3 is 15.6 Å². The fourth-order valence-electron chi connectivity index (χ4n) is 2.66. The van der Waals surface area contributed by atoms with Crippen molar-refractivity contribution in [2.75, 3.05) is 13.1 Å². The first-order valence-corrected chi connectivity index (χ1v) is 8.37. The first-order chi connectivity index (χ1) is 11.7. The van der Waals surface area contributed by atoms with Crippen molar-refractivity contribution in [3.8, 4) is 0 Å². The zero-order chi connectivity index (χ0) is 16.8. The van der Waals surface area contributed by atoms with Crippen LogP contribution in [-0.2, 0) is 17.8 Å². The maximum absolute atomic E-state index is 11.9. The van der Waals surface area contributed by atoms with Gasteiger partial charge in [0.1, 0.15) is 0 Å². The fraction of sp³-hybridized carbons (Fsp3) is 0.211. The maximum Gasteiger partial charge on any atom is 0.234 e. The average molecular weight is 342 g/mol. The molecule has 0 atom stereocenters. The van der Waals surface area contributed by atoms with E-state index in [1.54, 1.807) is 0 Å². The fourth-order valence-corrected chi connectivity index (χ4v) is 2.86. The van der Waals surface area contributed by atoms with Gasteiger partial charge in [-0.05, 0) is 36.2 Å². The summed E-state index contributed by atoms with van der Waals surface area (Å²) in [4.78, 5) is 15.1. The van der Waals surface area contributed by atoms with Crippen LogP contribution in [0.15, 0.2) is 54.7 Å². The van der Waals surface area contributed by atoms with E-state index in [0.29, 0.717) is 18.1 Å². The number of aromatic nitrogens is 1. The summed E-state index contributed by atoms with van der Waals surface area (Å²) in [7, 11) is 0. The minimum atomic E-state index is -0.0335. The number of hydrogen-bond acceptors (Lipinski definition) is 2. The predicted octanol–water partition coefficient (Wildman–Crippen LogP) is 3.27. The van der Waals surface area contributed by atoms with Crippen LogP contribution >= 0.6 is 11.6 Å². The van der Waals surface area contributed by atoms with E-state index in [1.165, 1.54) is 10.9 Å². The largest absolute Gasteiger partial charge is 0.361 e. The van der Waals surface area contributed by atoms with Crippen LogP contribution in [0.25, 0.3) is 10.9 Å². The maximum atomic E-state index is 11.9. The Morgan fingerprint density at radius 1 is 1.04 bits per heavy atom. The molecule has 5 heteroatoms. The zero-order valence-corrected chi connectivity index (χ0v) is 14.1. The molecule has 1 amide bonds. The van der Waals surface area contributed by atoms with Crippen LogP contribution in [0.2, 0.25) is 5.02 Å². The minimum absolute atomic E-state index is 0.0335. The summed E-state index contributed by atoms with van der Waals surface area (Å²) in [5.41, 5.74) is 3.32. The lowest BCUT2D eigenvalue weighted by molar-refractivity contribution is -0.120. The highest BCUT2D eigenvalue weighted by Crippen LogP contribution is 2.17. The van der Waals surface area contributed by atoms with Gasteiger partial charge in [-0.1, -0.05) is 48.0 Å². The van der Waals surface area contributed by atoms with Crippen LogP contribution in [-0.4, -0.2) is 24.0 Å². The molecule has 0 fully saturated rings. The quantitative estimate of drug-likeness (QED) is 0.578. The number of benzene rings is 2. The number of halogens is 1. The topological polar surface area (TPSA) is 56.9 Å². The highest BCUT2D eigenvalue weighted by Gasteiger charge is 2.05. The van der Waals surface area contributed by atoms with Crippen LogP contribution < -0.4 is 10.6 Å². The van der Waals surface area contributed by atoms with Gasteiger partial charge in [0.05, 0.1) is 6.54 Å². The van der Waals surface area contributed by atoms with Gasteiger partial charge in [-0.25, -0.2) is 0 Å². The lowest BCUT2D eigenvalue weighted by Gasteiger charge is -2.08. The summed E-state index contributed by atoms with van der Waals surface area (Å²) < 4.78 is 0. The second kappa shape index (κ2) is 7.99. The summed E-state index contributed by atoms with van der Waals surface area (Å²) >= 11 is 6.07. The first-order valence-electron chi connectivity index (χ1n) is 8.00. The number of carbonyl (C=O) groups excluding carboxylic acids is 1. The molecule has 4 nitrogen and oxygen atoms in total. The van der Waals surface area contributed by atoms with E-state index in [4.69, 9.17) is 11.6 Å². The van der Waals surface area contributed by atoms with Crippen LogP contribution in [0.1, 0.15) is 11.1 Å². The molecule has 1 heterocycles. The molecule has 0 spiro atoms. The smallest absolute Gasteiger partial charge is 0.234 e. The van der Waals surface area contributed by atoms with Crippen molar-refractivity contribution in [3.63, 3.8) is 0 Å². The summed E-state index contributed by atoms with van der Waals surface area (Å²) in [6.45, 7) is 1.50. The highest BCUT2D eigenvalue weighted by molar-refractivity contribution is 6.31. The first kappa shape index (κ1) is 16.6. The molecule has 1 aromatic heterocycles. The van der Waals surface area contributed by atoms with Crippen molar-refractivity contribution >= 4 is 28.4 Å². The van der Waals surface area contributed by atoms with E-state index < -0.39 is 0 Å². The molecule has 0 aliphatic heterocycles. The van der Waals surface area contributed by atoms with Gasteiger partial charge >= 0.3 is 0 Å². The molecule has 3 aromatic rings. The molecule has 2 aromatic carbocycles. The molecule has 24 heavy (non-hydrogen) atoms. The standard InChI is InChI=1S/C19H20ClN3O/c20-17-7-3-1-5-15(17)12-23-19(24)13-21-10-9-14-11-22-18-8-4-2-6-16(14)18/h1-8,11,21-22H,9-10,12-13H2,(H,23,24). The van der Waals surface area contributed by atoms with E-state index in [2.05, 4.69) is 27.8 Å². The molecule has 0 bridgehead atoms. The van der Waals surface area contributed by atoms with Crippen molar-refractivity contribution in [2.24, 2.45) is 0 Å². The van der Waals surface area contributed by atoms with Crippen molar-refractivity contribution in [1.29, 1.82) is 0 Å². The Labute approximate surface area is 146 Å². The SMILES string of the molecule is O=C(CNCCc1c[nH]c2ccccc12)NCc1ccccc1Cl. The van der Waals surface area contributed by atoms with Gasteiger partial charge in [-0.2, -0.15) is 0 Å². The normalized spacial score (nSPS) is 10.9. The van der Waals surface area contributed by atoms with E-state index in [0.717, 1.165) is 24.0 Å². The number of H-pyrrole nitrogens is 1. The molecular weight excluding hydrogens is 322 g/mol. The number of carbonyl (C=O) groups is 1. The number of nitrogens with one attached hydrogen (secondary N) is 3. The molecule has 0 saturated carbocycles. The molecule has 0 aliphatic rings. The number of hydrogen-bond donors (Lipinski definition) is 3. The third-order valence-electron chi connectivity index (χ3n) is 3.97. The summed E-state index contributed by atoms with van der Waals surface area (Å²) in [5, 5.41) is 7.96. The summed E-state index contributed by atoms with van der Waals surface area (Å²) in [5.74, 6) is -0.0335. The number of para-hydroxylation sites is 1. The molecule has 3 N–H and O–H groups in total. The van der Waals surface area contributed by atoms with Crippen LogP contribution in [0.4, 0.5) is 0 Å². The molecule has 0 unspecified atom stereocenters. The second-order valence-corrected chi connectivity index (χ2v) is 6.06. The number of amides is 1. The van der Waals surface area contributed by atoms with Crippen molar-refractivity contribution in [3.05, 3.63) is 70.9 Å². The second-order valence-electron chi connectivity index (χ2n) is 5.65. The van der Waals surface area contributed by atoms with E-state index in [1.807, 2.05) is 42.6 Å². The Bertz CT molecular complexity index is 828. The molecular formula is C19H20ClN3O. The number of fused-ring (bicyclic) bond motifs is 1. The Balaban J connectivity index is 1.40. The molecule has 0 radical (unpaired) electrons. The minimum Gasteiger partial charge on any atom is -0.361 e. The van der Waals surface area contributed by atoms with Gasteiger partial charge in [0.2, 0.25) is 5.91 Å². The Kier molecular flexibility index (Phi) is 5.51. The third kappa shape index (κ3) is 4.16. The average Bonchev–Trinajstić information content (AvgIpc) is 3.01. The number of aromatic amines is 1. The van der Waals surface area contributed by atoms with Gasteiger partial charge in [0.25, 0.3) is 0 Å². The lowest BCUT2D eigenvalue weighted by Crippen LogP contribution is -2.34. The third-order valence-corrected chi connectivity index (χ3v) is 4.33. The highest BCUT2D eigenvalue weighted by atomic mass is 35.5. The molecule has 0 aliphatic carbocycles. The molecule has 3 rings (SSSR count). The molecule has 0 saturated heterocycles. The molecule has 124 valence electrons. The van der Waals surface area contributed by atoms with Gasteiger partial charge in [0, 0.05) is 28.7 Å². The predicted molar refractivity (Wildman–Crippen MR) is 98.2 cm³/mol.